The highest BCUT2D eigenvalue weighted by Gasteiger charge is 2.51. The largest absolute Gasteiger partial charge is 0.497 e. The maximum atomic E-state index is 12.4. The molecule has 0 unspecified atom stereocenters. The van der Waals surface area contributed by atoms with Gasteiger partial charge >= 0.3 is 11.9 Å². The van der Waals surface area contributed by atoms with Gasteiger partial charge in [0.05, 0.1) is 38.6 Å². The van der Waals surface area contributed by atoms with E-state index in [9.17, 15) is 9.59 Å². The molecule has 214 valence electrons. The van der Waals surface area contributed by atoms with Crippen LogP contribution in [0, 0.1) is 0 Å². The van der Waals surface area contributed by atoms with Crippen LogP contribution in [0.15, 0.2) is 48.5 Å². The van der Waals surface area contributed by atoms with E-state index in [1.165, 1.54) is 0 Å². The molecule has 0 aromatic heterocycles. The summed E-state index contributed by atoms with van der Waals surface area (Å²) >= 11 is 0. The number of hydrogen-bond donors (Lipinski definition) is 0. The summed E-state index contributed by atoms with van der Waals surface area (Å²) in [4.78, 5) is 24.8. The fourth-order valence-corrected chi connectivity index (χ4v) is 3.50. The third kappa shape index (κ3) is 9.65. The second kappa shape index (κ2) is 19.9. The molecule has 8 nitrogen and oxygen atoms in total. The van der Waals surface area contributed by atoms with Gasteiger partial charge in [-0.2, -0.15) is 0 Å². The molecule has 4 atom stereocenters. The predicted molar refractivity (Wildman–Crippen MR) is 149 cm³/mol. The molecule has 0 radical (unpaired) electrons. The minimum atomic E-state index is -0.575. The highest BCUT2D eigenvalue weighted by atomic mass is 16.7. The smallest absolute Gasteiger partial charge is 0.338 e. The summed E-state index contributed by atoms with van der Waals surface area (Å²) in [5.74, 6) is 0.344. The summed E-state index contributed by atoms with van der Waals surface area (Å²) in [6, 6.07) is 13.3. The first-order valence-electron chi connectivity index (χ1n) is 13.5. The van der Waals surface area contributed by atoms with E-state index in [4.69, 9.17) is 28.4 Å². The molecule has 2 fully saturated rings. The van der Waals surface area contributed by atoms with Gasteiger partial charge < -0.3 is 28.4 Å². The lowest BCUT2D eigenvalue weighted by Gasteiger charge is -2.17. The zero-order valence-corrected chi connectivity index (χ0v) is 24.6. The number of rotatable bonds is 6. The van der Waals surface area contributed by atoms with E-state index in [1.807, 2.05) is 55.4 Å². The maximum Gasteiger partial charge on any atom is 0.338 e. The lowest BCUT2D eigenvalue weighted by molar-refractivity contribution is -0.0287. The van der Waals surface area contributed by atoms with Crippen LogP contribution in [-0.4, -0.2) is 63.8 Å². The van der Waals surface area contributed by atoms with Crippen LogP contribution in [0.3, 0.4) is 0 Å². The van der Waals surface area contributed by atoms with Crippen LogP contribution in [0.25, 0.3) is 0 Å². The first-order chi connectivity index (χ1) is 18.6. The van der Waals surface area contributed by atoms with Crippen LogP contribution in [-0.2, 0) is 18.9 Å². The topological polar surface area (TPSA) is 89.5 Å². The van der Waals surface area contributed by atoms with Crippen molar-refractivity contribution in [2.75, 3.05) is 27.4 Å². The van der Waals surface area contributed by atoms with E-state index in [0.717, 1.165) is 0 Å². The lowest BCUT2D eigenvalue weighted by Crippen LogP contribution is -2.36. The molecule has 2 aliphatic rings. The molecule has 4 rings (SSSR count). The molecule has 38 heavy (non-hydrogen) atoms. The predicted octanol–water partition coefficient (Wildman–Crippen LogP) is 6.36. The second-order valence-corrected chi connectivity index (χ2v) is 6.94. The van der Waals surface area contributed by atoms with E-state index in [-0.39, 0.29) is 13.2 Å². The fraction of sp³-hybridized carbons (Fsp3) is 0.533. The number of esters is 2. The number of benzene rings is 2. The molecular formula is C30H46O8. The minimum absolute atomic E-state index is 0.174. The SMILES string of the molecule is CC.CC.CC.CC.COc1ccc(C(=O)O[C@H]2CO[C@@H]3[C@H]2OC[C@H]3OC(=O)c2ccc(OC)cc2)cc1. The minimum Gasteiger partial charge on any atom is -0.497 e. The highest BCUT2D eigenvalue weighted by Crippen LogP contribution is 2.31. The average molecular weight is 535 g/mol. The van der Waals surface area contributed by atoms with Crippen molar-refractivity contribution < 1.29 is 38.0 Å². The molecule has 8 heteroatoms. The van der Waals surface area contributed by atoms with Gasteiger partial charge in [0.2, 0.25) is 0 Å². The highest BCUT2D eigenvalue weighted by molar-refractivity contribution is 5.90. The number of hydrogen-bond acceptors (Lipinski definition) is 8. The Kier molecular flexibility index (Phi) is 18.3. The standard InChI is InChI=1S/C22H22O8.4C2H6/c1-25-15-7-3-13(4-8-15)21(23)29-17-11-27-20-18(12-28-19(17)20)30-22(24)14-5-9-16(26-2)10-6-14;4*1-2/h3-10,17-20H,11-12H2,1-2H3;4*1-2H3/t17-,18+,19-,20-;;;;/m0..../s1. The number of methoxy groups -OCH3 is 2. The monoisotopic (exact) mass is 534 g/mol. The van der Waals surface area contributed by atoms with E-state index >= 15 is 0 Å². The summed E-state index contributed by atoms with van der Waals surface area (Å²) in [7, 11) is 3.11. The van der Waals surface area contributed by atoms with E-state index in [2.05, 4.69) is 0 Å². The summed E-state index contributed by atoms with van der Waals surface area (Å²) in [6.07, 6.45) is -2.12. The van der Waals surface area contributed by atoms with Crippen LogP contribution in [0.4, 0.5) is 0 Å². The van der Waals surface area contributed by atoms with Crippen molar-refractivity contribution in [3.05, 3.63) is 59.7 Å². The Morgan fingerprint density at radius 3 is 1.13 bits per heavy atom. The molecular weight excluding hydrogens is 488 g/mol. The van der Waals surface area contributed by atoms with Crippen LogP contribution < -0.4 is 9.47 Å². The summed E-state index contributed by atoms with van der Waals surface area (Å²) in [5.41, 5.74) is 0.805. The Morgan fingerprint density at radius 1 is 0.579 bits per heavy atom. The molecule has 0 amide bonds. The lowest BCUT2D eigenvalue weighted by atomic mass is 10.1. The number of carbonyl (C=O) groups is 2. The summed E-state index contributed by atoms with van der Waals surface area (Å²) in [6.45, 7) is 16.3. The Morgan fingerprint density at radius 2 is 0.868 bits per heavy atom. The molecule has 2 heterocycles. The van der Waals surface area contributed by atoms with Crippen LogP contribution in [0.1, 0.15) is 76.1 Å². The van der Waals surface area contributed by atoms with Gasteiger partial charge in [-0.1, -0.05) is 55.4 Å². The third-order valence-electron chi connectivity index (χ3n) is 5.13. The van der Waals surface area contributed by atoms with E-state index in [0.29, 0.717) is 22.6 Å². The number of fused-ring (bicyclic) bond motifs is 1. The van der Waals surface area contributed by atoms with Gasteiger partial charge in [-0.25, -0.2) is 9.59 Å². The van der Waals surface area contributed by atoms with Crippen molar-refractivity contribution in [3.8, 4) is 11.5 Å². The van der Waals surface area contributed by atoms with Crippen molar-refractivity contribution >= 4 is 11.9 Å². The fourth-order valence-electron chi connectivity index (χ4n) is 3.50. The zero-order chi connectivity index (χ0) is 29.1. The van der Waals surface area contributed by atoms with E-state index in [1.54, 1.807) is 62.8 Å². The Bertz CT molecular complexity index is 820. The quantitative estimate of drug-likeness (QED) is 0.396. The maximum absolute atomic E-state index is 12.4. The molecule has 0 saturated carbocycles. The Labute approximate surface area is 228 Å². The zero-order valence-electron chi connectivity index (χ0n) is 24.6. The molecule has 0 aliphatic carbocycles. The van der Waals surface area contributed by atoms with Crippen LogP contribution >= 0.6 is 0 Å². The van der Waals surface area contributed by atoms with Gasteiger partial charge in [0, 0.05) is 0 Å². The molecule has 0 bridgehead atoms. The molecule has 2 aliphatic heterocycles. The number of carbonyl (C=O) groups excluding carboxylic acids is 2. The second-order valence-electron chi connectivity index (χ2n) is 6.94. The van der Waals surface area contributed by atoms with Crippen LogP contribution in [0.5, 0.6) is 11.5 Å². The Balaban J connectivity index is 0.00000157. The van der Waals surface area contributed by atoms with Crippen LogP contribution in [0.2, 0.25) is 0 Å². The normalized spacial score (nSPS) is 20.2. The average Bonchev–Trinajstić information content (AvgIpc) is 3.60. The molecule has 0 N–H and O–H groups in total. The van der Waals surface area contributed by atoms with Crippen molar-refractivity contribution in [2.45, 2.75) is 79.8 Å². The van der Waals surface area contributed by atoms with Crippen molar-refractivity contribution in [2.24, 2.45) is 0 Å². The van der Waals surface area contributed by atoms with Crippen molar-refractivity contribution in [1.82, 2.24) is 0 Å². The Hall–Kier alpha value is -3.10. The first kappa shape index (κ1) is 34.9. The van der Waals surface area contributed by atoms with Gasteiger partial charge in [0.15, 0.2) is 12.2 Å². The third-order valence-corrected chi connectivity index (χ3v) is 5.13. The molecule has 0 spiro atoms. The molecule has 2 aromatic rings. The van der Waals surface area contributed by atoms with Gasteiger partial charge in [-0.15, -0.1) is 0 Å². The molecule has 2 saturated heterocycles. The van der Waals surface area contributed by atoms with Gasteiger partial charge in [-0.3, -0.25) is 0 Å². The van der Waals surface area contributed by atoms with Crippen molar-refractivity contribution in [3.63, 3.8) is 0 Å². The van der Waals surface area contributed by atoms with Gasteiger partial charge in [0.25, 0.3) is 0 Å². The summed E-state index contributed by atoms with van der Waals surface area (Å²) in [5, 5.41) is 0. The van der Waals surface area contributed by atoms with Gasteiger partial charge in [-0.05, 0) is 48.5 Å². The van der Waals surface area contributed by atoms with Crippen molar-refractivity contribution in [1.29, 1.82) is 0 Å². The molecule has 2 aromatic carbocycles. The van der Waals surface area contributed by atoms with Gasteiger partial charge in [0.1, 0.15) is 23.7 Å². The van der Waals surface area contributed by atoms with E-state index < -0.39 is 36.4 Å². The number of ether oxygens (including phenoxy) is 6. The summed E-state index contributed by atoms with van der Waals surface area (Å²) < 4.78 is 32.8. The first-order valence-corrected chi connectivity index (χ1v) is 13.5.